The van der Waals surface area contributed by atoms with Crippen molar-refractivity contribution in [1.82, 2.24) is 15.2 Å². The third-order valence-corrected chi connectivity index (χ3v) is 6.25. The number of aryl methyl sites for hydroxylation is 1. The Morgan fingerprint density at radius 1 is 0.706 bits per heavy atom. The minimum absolute atomic E-state index is 0.228. The molecule has 168 valence electrons. The van der Waals surface area contributed by atoms with Crippen molar-refractivity contribution in [2.45, 2.75) is 26.2 Å². The maximum Gasteiger partial charge on any atom is 0.0924 e. The summed E-state index contributed by atoms with van der Waals surface area (Å²) in [5.41, 5.74) is 8.38. The summed E-state index contributed by atoms with van der Waals surface area (Å²) in [5.74, 6) is 0. The fourth-order valence-corrected chi connectivity index (χ4v) is 4.31. The van der Waals surface area contributed by atoms with Crippen molar-refractivity contribution in [3.63, 3.8) is 0 Å². The van der Waals surface area contributed by atoms with Crippen LogP contribution in [0, 0.1) is 6.92 Å². The van der Waals surface area contributed by atoms with Crippen LogP contribution in [-0.4, -0.2) is 15.2 Å². The molecule has 0 aliphatic rings. The van der Waals surface area contributed by atoms with Crippen molar-refractivity contribution in [1.29, 1.82) is 0 Å². The van der Waals surface area contributed by atoms with E-state index in [0.29, 0.717) is 0 Å². The number of aromatic nitrogens is 3. The summed E-state index contributed by atoms with van der Waals surface area (Å²) in [5, 5.41) is 7.51. The summed E-state index contributed by atoms with van der Waals surface area (Å²) >= 11 is 0. The molecule has 0 saturated carbocycles. The van der Waals surface area contributed by atoms with Crippen LogP contribution in [0.15, 0.2) is 109 Å². The molecular formula is C30H28N4. The summed E-state index contributed by atoms with van der Waals surface area (Å²) in [6.07, 6.45) is 1.86. The van der Waals surface area contributed by atoms with Crippen molar-refractivity contribution >= 4 is 17.1 Å². The fraction of sp³-hybridized carbons (Fsp3) is 0.133. The lowest BCUT2D eigenvalue weighted by atomic mass is 9.81. The third-order valence-electron chi connectivity index (χ3n) is 6.25. The molecule has 0 radical (unpaired) electrons. The van der Waals surface area contributed by atoms with Crippen molar-refractivity contribution in [2.24, 2.45) is 0 Å². The number of nitrogens with one attached hydrogen (secondary N) is 1. The van der Waals surface area contributed by atoms with Crippen LogP contribution in [0.25, 0.3) is 11.3 Å². The number of hydrogen-bond acceptors (Lipinski definition) is 3. The number of hydrogen-bond donors (Lipinski definition) is 1. The number of anilines is 3. The maximum atomic E-state index is 4.64. The summed E-state index contributed by atoms with van der Waals surface area (Å²) in [6.45, 7) is 6.47. The molecule has 2 heterocycles. The molecule has 4 heteroatoms. The molecule has 0 spiro atoms. The van der Waals surface area contributed by atoms with E-state index >= 15 is 0 Å². The average molecular weight is 445 g/mol. The van der Waals surface area contributed by atoms with Gasteiger partial charge in [0.1, 0.15) is 0 Å². The lowest BCUT2D eigenvalue weighted by molar-refractivity contribution is 0.617. The fourth-order valence-electron chi connectivity index (χ4n) is 4.31. The first-order valence-corrected chi connectivity index (χ1v) is 11.5. The van der Waals surface area contributed by atoms with Gasteiger partial charge < -0.3 is 4.90 Å². The van der Waals surface area contributed by atoms with Gasteiger partial charge in [-0.15, -0.1) is 0 Å². The summed E-state index contributed by atoms with van der Waals surface area (Å²) < 4.78 is 0. The lowest BCUT2D eigenvalue weighted by Crippen LogP contribution is -2.21. The Kier molecular flexibility index (Phi) is 5.72. The van der Waals surface area contributed by atoms with Gasteiger partial charge >= 0.3 is 0 Å². The molecule has 4 nitrogen and oxygen atoms in total. The van der Waals surface area contributed by atoms with E-state index < -0.39 is 0 Å². The highest BCUT2D eigenvalue weighted by Crippen LogP contribution is 2.39. The van der Waals surface area contributed by atoms with Gasteiger partial charge in [0, 0.05) is 39.9 Å². The van der Waals surface area contributed by atoms with E-state index in [1.54, 1.807) is 0 Å². The van der Waals surface area contributed by atoms with E-state index in [2.05, 4.69) is 119 Å². The van der Waals surface area contributed by atoms with E-state index in [4.69, 9.17) is 0 Å². The van der Waals surface area contributed by atoms with E-state index in [9.17, 15) is 0 Å². The zero-order chi connectivity index (χ0) is 23.5. The number of para-hydroxylation sites is 1. The number of benzene rings is 3. The molecule has 0 aliphatic carbocycles. The zero-order valence-electron chi connectivity index (χ0n) is 19.7. The molecule has 0 aliphatic heterocycles. The van der Waals surface area contributed by atoms with Gasteiger partial charge in [-0.05, 0) is 67.1 Å². The van der Waals surface area contributed by atoms with Gasteiger partial charge in [-0.1, -0.05) is 62.4 Å². The van der Waals surface area contributed by atoms with Gasteiger partial charge in [0.15, 0.2) is 0 Å². The summed E-state index contributed by atoms with van der Waals surface area (Å²) in [4.78, 5) is 6.93. The van der Waals surface area contributed by atoms with Gasteiger partial charge in [0.25, 0.3) is 0 Å². The predicted octanol–water partition coefficient (Wildman–Crippen LogP) is 7.58. The Morgan fingerprint density at radius 3 is 2.12 bits per heavy atom. The van der Waals surface area contributed by atoms with Gasteiger partial charge in [0.2, 0.25) is 0 Å². The quantitative estimate of drug-likeness (QED) is 0.294. The first-order chi connectivity index (χ1) is 16.5. The molecule has 5 aromatic rings. The van der Waals surface area contributed by atoms with Crippen molar-refractivity contribution < 1.29 is 0 Å². The van der Waals surface area contributed by atoms with Crippen LogP contribution < -0.4 is 4.90 Å². The highest BCUT2D eigenvalue weighted by Gasteiger charge is 2.25. The molecule has 0 amide bonds. The van der Waals surface area contributed by atoms with Crippen molar-refractivity contribution in [2.75, 3.05) is 4.90 Å². The second-order valence-electron chi connectivity index (χ2n) is 9.05. The van der Waals surface area contributed by atoms with Crippen LogP contribution in [0.3, 0.4) is 0 Å². The number of rotatable bonds is 6. The first kappa shape index (κ1) is 21.7. The van der Waals surface area contributed by atoms with E-state index in [0.717, 1.165) is 39.7 Å². The van der Waals surface area contributed by atoms with Crippen LogP contribution in [0.1, 0.15) is 30.8 Å². The van der Waals surface area contributed by atoms with Crippen LogP contribution >= 0.6 is 0 Å². The normalized spacial score (nSPS) is 11.4. The Balaban J connectivity index is 1.62. The Labute approximate surface area is 200 Å². The Bertz CT molecular complexity index is 1390. The van der Waals surface area contributed by atoms with E-state index in [1.165, 1.54) is 5.56 Å². The molecule has 0 unspecified atom stereocenters. The molecule has 3 aromatic carbocycles. The maximum absolute atomic E-state index is 4.64. The van der Waals surface area contributed by atoms with Crippen LogP contribution in [0.5, 0.6) is 0 Å². The first-order valence-electron chi connectivity index (χ1n) is 11.5. The molecule has 34 heavy (non-hydrogen) atoms. The summed E-state index contributed by atoms with van der Waals surface area (Å²) in [6, 6.07) is 35.9. The zero-order valence-corrected chi connectivity index (χ0v) is 19.7. The lowest BCUT2D eigenvalue weighted by Gasteiger charge is -2.29. The number of pyridine rings is 1. The smallest absolute Gasteiger partial charge is 0.0924 e. The Morgan fingerprint density at radius 2 is 1.41 bits per heavy atom. The minimum Gasteiger partial charge on any atom is -0.310 e. The molecule has 5 rings (SSSR count). The predicted molar refractivity (Wildman–Crippen MR) is 140 cm³/mol. The summed E-state index contributed by atoms with van der Waals surface area (Å²) in [7, 11) is 0. The van der Waals surface area contributed by atoms with E-state index in [-0.39, 0.29) is 5.41 Å². The van der Waals surface area contributed by atoms with Crippen LogP contribution in [-0.2, 0) is 5.41 Å². The largest absolute Gasteiger partial charge is 0.310 e. The third kappa shape index (κ3) is 4.23. The molecule has 2 aromatic heterocycles. The topological polar surface area (TPSA) is 44.8 Å². The van der Waals surface area contributed by atoms with Crippen molar-refractivity contribution in [3.8, 4) is 11.3 Å². The minimum atomic E-state index is -0.228. The SMILES string of the molecule is Cc1cc(-c2cccc(N(c3ccccc3)c3cccc(C(C)(C)c4ccccn4)c3)c2)n[nH]1. The van der Waals surface area contributed by atoms with Crippen LogP contribution in [0.2, 0.25) is 0 Å². The monoisotopic (exact) mass is 444 g/mol. The molecule has 0 atom stereocenters. The second-order valence-corrected chi connectivity index (χ2v) is 9.05. The number of H-pyrrole nitrogens is 1. The van der Waals surface area contributed by atoms with Crippen LogP contribution in [0.4, 0.5) is 17.1 Å². The standard InChI is InChI=1S/C30H28N4/c1-22-19-28(33-32-22)23-11-9-15-26(20-23)34(25-13-5-4-6-14-25)27-16-10-12-24(21-27)30(2,3)29-17-7-8-18-31-29/h4-21H,1-3H3,(H,32,33). The van der Waals surface area contributed by atoms with Gasteiger partial charge in [-0.3, -0.25) is 10.1 Å². The van der Waals surface area contributed by atoms with Gasteiger partial charge in [-0.2, -0.15) is 5.10 Å². The highest BCUT2D eigenvalue weighted by atomic mass is 15.1. The highest BCUT2D eigenvalue weighted by molar-refractivity contribution is 5.79. The molecule has 0 fully saturated rings. The van der Waals surface area contributed by atoms with E-state index in [1.807, 2.05) is 31.3 Å². The molecule has 1 N–H and O–H groups in total. The Hall–Kier alpha value is -4.18. The van der Waals surface area contributed by atoms with Gasteiger partial charge in [0.05, 0.1) is 11.4 Å². The second kappa shape index (κ2) is 8.99. The molecule has 0 saturated heterocycles. The molecular weight excluding hydrogens is 416 g/mol. The number of nitrogens with zero attached hydrogens (tertiary/aromatic N) is 3. The average Bonchev–Trinajstić information content (AvgIpc) is 3.32. The van der Waals surface area contributed by atoms with Crippen molar-refractivity contribution in [3.05, 3.63) is 126 Å². The molecule has 0 bridgehead atoms. The van der Waals surface area contributed by atoms with Gasteiger partial charge in [-0.25, -0.2) is 0 Å². The number of aromatic amines is 1.